The van der Waals surface area contributed by atoms with Crippen molar-refractivity contribution in [2.45, 2.75) is 25.8 Å². The molecule has 198 valence electrons. The van der Waals surface area contributed by atoms with E-state index in [2.05, 4.69) is 0 Å². The van der Waals surface area contributed by atoms with Gasteiger partial charge in [0.15, 0.2) is 0 Å². The Morgan fingerprint density at radius 3 is 2.08 bits per heavy atom. The Labute approximate surface area is 211 Å². The molecule has 0 spiro atoms. The second kappa shape index (κ2) is 9.88. The van der Waals surface area contributed by atoms with E-state index in [-0.39, 0.29) is 17.2 Å². The molecule has 0 fully saturated rings. The zero-order valence-electron chi connectivity index (χ0n) is 19.9. The number of amides is 1. The zero-order valence-corrected chi connectivity index (χ0v) is 19.9. The fourth-order valence-corrected chi connectivity index (χ4v) is 3.96. The van der Waals surface area contributed by atoms with Crippen LogP contribution in [0.1, 0.15) is 22.3 Å². The van der Waals surface area contributed by atoms with Crippen molar-refractivity contribution in [2.75, 3.05) is 7.05 Å². The van der Waals surface area contributed by atoms with Crippen LogP contribution in [0.3, 0.4) is 0 Å². The van der Waals surface area contributed by atoms with E-state index in [1.165, 1.54) is 0 Å². The van der Waals surface area contributed by atoms with Gasteiger partial charge in [0.2, 0.25) is 5.75 Å². The molecule has 0 aliphatic heterocycles. The van der Waals surface area contributed by atoms with Crippen molar-refractivity contribution in [3.63, 3.8) is 0 Å². The van der Waals surface area contributed by atoms with Crippen LogP contribution in [0.15, 0.2) is 75.9 Å². The fraction of sp³-hybridized carbons (Fsp3) is 0.185. The number of para-hydroxylation sites is 1. The molecule has 0 saturated carbocycles. The van der Waals surface area contributed by atoms with Crippen LogP contribution < -0.4 is 10.4 Å². The summed E-state index contributed by atoms with van der Waals surface area (Å²) in [6, 6.07) is 14.6. The van der Waals surface area contributed by atoms with Crippen LogP contribution in [0.25, 0.3) is 22.1 Å². The Morgan fingerprint density at radius 2 is 1.47 bits per heavy atom. The van der Waals surface area contributed by atoms with Gasteiger partial charge in [-0.25, -0.2) is 9.59 Å². The number of hydrogen-bond acceptors (Lipinski definition) is 4. The predicted octanol–water partition coefficient (Wildman–Crippen LogP) is 7.44. The summed E-state index contributed by atoms with van der Waals surface area (Å²) in [6.45, 7) is 1.12. The normalized spacial score (nSPS) is 12.0. The summed E-state index contributed by atoms with van der Waals surface area (Å²) in [5.74, 6) is -0.463. The number of nitrogens with zero attached hydrogens (tertiary/aromatic N) is 1. The molecule has 0 aliphatic rings. The smallest absolute Gasteiger partial charge is 0.416 e. The molecule has 1 amide bonds. The van der Waals surface area contributed by atoms with E-state index in [1.54, 1.807) is 55.5 Å². The van der Waals surface area contributed by atoms with Gasteiger partial charge in [0.05, 0.1) is 11.1 Å². The number of halogens is 6. The highest BCUT2D eigenvalue weighted by Crippen LogP contribution is 2.38. The second-order valence-corrected chi connectivity index (χ2v) is 8.54. The summed E-state index contributed by atoms with van der Waals surface area (Å²) in [5.41, 5.74) is -2.64. The van der Waals surface area contributed by atoms with Crippen molar-refractivity contribution >= 4 is 17.1 Å². The van der Waals surface area contributed by atoms with E-state index in [9.17, 15) is 35.9 Å². The maximum absolute atomic E-state index is 13.2. The monoisotopic (exact) mass is 535 g/mol. The van der Waals surface area contributed by atoms with Crippen LogP contribution in [0.4, 0.5) is 31.1 Å². The Bertz CT molecular complexity index is 1540. The summed E-state index contributed by atoms with van der Waals surface area (Å²) in [7, 11) is 1.12. The summed E-state index contributed by atoms with van der Waals surface area (Å²) in [5, 5.41) is 0.458. The van der Waals surface area contributed by atoms with Crippen molar-refractivity contribution in [2.24, 2.45) is 0 Å². The van der Waals surface area contributed by atoms with Gasteiger partial charge in [-0.15, -0.1) is 0 Å². The Morgan fingerprint density at radius 1 is 0.895 bits per heavy atom. The number of alkyl halides is 6. The third kappa shape index (κ3) is 5.51. The van der Waals surface area contributed by atoms with Crippen molar-refractivity contribution in [1.82, 2.24) is 4.90 Å². The minimum atomic E-state index is -5.04. The van der Waals surface area contributed by atoms with E-state index < -0.39 is 53.1 Å². The number of carbonyl (C=O) groups excluding carboxylic acids is 1. The lowest BCUT2D eigenvalue weighted by Crippen LogP contribution is -2.31. The molecule has 38 heavy (non-hydrogen) atoms. The van der Waals surface area contributed by atoms with Gasteiger partial charge in [0.25, 0.3) is 0 Å². The van der Waals surface area contributed by atoms with Crippen LogP contribution in [0.2, 0.25) is 0 Å². The van der Waals surface area contributed by atoms with E-state index in [0.717, 1.165) is 17.5 Å². The highest BCUT2D eigenvalue weighted by Gasteiger charge is 2.37. The van der Waals surface area contributed by atoms with Gasteiger partial charge in [-0.05, 0) is 47.9 Å². The first-order valence-corrected chi connectivity index (χ1v) is 11.1. The predicted molar refractivity (Wildman–Crippen MR) is 127 cm³/mol. The van der Waals surface area contributed by atoms with Crippen molar-refractivity contribution in [1.29, 1.82) is 0 Å². The minimum absolute atomic E-state index is 0.00339. The number of benzene rings is 3. The van der Waals surface area contributed by atoms with Crippen LogP contribution >= 0.6 is 0 Å². The Balaban J connectivity index is 1.72. The molecule has 0 saturated heterocycles. The number of ether oxygens (including phenoxy) is 1. The second-order valence-electron chi connectivity index (χ2n) is 8.54. The van der Waals surface area contributed by atoms with Gasteiger partial charge >= 0.3 is 24.1 Å². The lowest BCUT2D eigenvalue weighted by Gasteiger charge is -2.20. The topological polar surface area (TPSA) is 59.8 Å². The minimum Gasteiger partial charge on any atom is -0.420 e. The van der Waals surface area contributed by atoms with Crippen LogP contribution in [-0.2, 0) is 18.9 Å². The molecule has 4 rings (SSSR count). The fourth-order valence-electron chi connectivity index (χ4n) is 3.96. The molecular weight excluding hydrogens is 516 g/mol. The first-order valence-electron chi connectivity index (χ1n) is 11.1. The number of rotatable bonds is 4. The summed E-state index contributed by atoms with van der Waals surface area (Å²) >= 11 is 0. The van der Waals surface area contributed by atoms with Gasteiger partial charge in [0.1, 0.15) is 5.58 Å². The maximum Gasteiger partial charge on any atom is 0.416 e. The lowest BCUT2D eigenvalue weighted by atomic mass is 9.97. The number of carbonyl (C=O) groups is 1. The summed E-state index contributed by atoms with van der Waals surface area (Å²) in [4.78, 5) is 26.5. The summed E-state index contributed by atoms with van der Waals surface area (Å²) < 4.78 is 89.9. The maximum atomic E-state index is 13.2. The average Bonchev–Trinajstić information content (AvgIpc) is 2.83. The van der Waals surface area contributed by atoms with Crippen LogP contribution in [0, 0.1) is 6.92 Å². The molecule has 0 aliphatic carbocycles. The Kier molecular flexibility index (Phi) is 6.96. The number of aryl methyl sites for hydroxylation is 1. The van der Waals surface area contributed by atoms with E-state index in [4.69, 9.17) is 9.15 Å². The third-order valence-corrected chi connectivity index (χ3v) is 5.75. The quantitative estimate of drug-likeness (QED) is 0.201. The van der Waals surface area contributed by atoms with Gasteiger partial charge in [0, 0.05) is 24.5 Å². The van der Waals surface area contributed by atoms with Crippen LogP contribution in [0.5, 0.6) is 5.75 Å². The largest absolute Gasteiger partial charge is 0.420 e. The van der Waals surface area contributed by atoms with Gasteiger partial charge in [-0.1, -0.05) is 42.5 Å². The molecule has 5 nitrogen and oxygen atoms in total. The van der Waals surface area contributed by atoms with Crippen molar-refractivity contribution in [3.05, 3.63) is 99.4 Å². The highest BCUT2D eigenvalue weighted by molar-refractivity contribution is 5.98. The molecule has 0 bridgehead atoms. The number of hydrogen-bond donors (Lipinski definition) is 0. The van der Waals surface area contributed by atoms with Crippen LogP contribution in [-0.4, -0.2) is 18.0 Å². The third-order valence-electron chi connectivity index (χ3n) is 5.75. The molecule has 0 atom stereocenters. The molecule has 0 N–H and O–H groups in total. The molecule has 4 aromatic rings. The lowest BCUT2D eigenvalue weighted by molar-refractivity contribution is -0.143. The molecule has 1 heterocycles. The van der Waals surface area contributed by atoms with Crippen molar-refractivity contribution < 1.29 is 40.3 Å². The number of fused-ring (bicyclic) bond motifs is 1. The first-order chi connectivity index (χ1) is 17.8. The van der Waals surface area contributed by atoms with Gasteiger partial charge < -0.3 is 14.1 Å². The molecule has 0 unspecified atom stereocenters. The molecule has 1 aromatic heterocycles. The van der Waals surface area contributed by atoms with Gasteiger partial charge in [-0.2, -0.15) is 26.3 Å². The standard InChI is InChI=1S/C27H19F6NO4/c1-15-7-3-4-8-19(15)22-20-9-5-6-10-21(20)37-24(35)23(22)38-25(36)34(2)14-16-11-17(26(28,29)30)13-18(12-16)27(31,32)33/h3-13H,14H2,1-2H3. The SMILES string of the molecule is Cc1ccccc1-c1c(OC(=O)N(C)Cc2cc(C(F)(F)F)cc(C(F)(F)F)c2)c(=O)oc2ccccc12. The average molecular weight is 535 g/mol. The summed E-state index contributed by atoms with van der Waals surface area (Å²) in [6.07, 6.45) is -11.3. The molecule has 3 aromatic carbocycles. The van der Waals surface area contributed by atoms with E-state index in [0.29, 0.717) is 23.1 Å². The molecule has 0 radical (unpaired) electrons. The van der Waals surface area contributed by atoms with E-state index in [1.807, 2.05) is 0 Å². The van der Waals surface area contributed by atoms with E-state index >= 15 is 0 Å². The van der Waals surface area contributed by atoms with Gasteiger partial charge in [-0.3, -0.25) is 0 Å². The molecule has 11 heteroatoms. The zero-order chi connectivity index (χ0) is 27.8. The Hall–Kier alpha value is -4.28. The molecular formula is C27H19F6NO4. The van der Waals surface area contributed by atoms with Crippen molar-refractivity contribution in [3.8, 4) is 16.9 Å². The first kappa shape index (κ1) is 26.8. The highest BCUT2D eigenvalue weighted by atomic mass is 19.4.